The summed E-state index contributed by atoms with van der Waals surface area (Å²) < 4.78 is 59.0. The van der Waals surface area contributed by atoms with E-state index in [1.165, 1.54) is 34.7 Å². The van der Waals surface area contributed by atoms with E-state index < -0.39 is 53.0 Å². The Bertz CT molecular complexity index is 1320. The van der Waals surface area contributed by atoms with E-state index in [1.807, 2.05) is 20.8 Å². The second kappa shape index (κ2) is 11.4. The Kier molecular flexibility index (Phi) is 8.41. The molecule has 7 nitrogen and oxygen atoms in total. The van der Waals surface area contributed by atoms with Crippen LogP contribution in [-0.4, -0.2) is 62.6 Å². The van der Waals surface area contributed by atoms with Gasteiger partial charge in [0.1, 0.15) is 29.7 Å². The van der Waals surface area contributed by atoms with Crippen LogP contribution >= 0.6 is 0 Å². The van der Waals surface area contributed by atoms with Gasteiger partial charge in [0.2, 0.25) is 0 Å². The molecule has 4 rings (SSSR count). The number of amides is 1. The molecular weight excluding hydrogens is 514 g/mol. The smallest absolute Gasteiger partial charge is 0.251 e. The number of alkyl halides is 1. The van der Waals surface area contributed by atoms with Gasteiger partial charge in [0.25, 0.3) is 5.91 Å². The maximum absolute atomic E-state index is 14.8. The van der Waals surface area contributed by atoms with Crippen molar-refractivity contribution in [3.8, 4) is 11.4 Å². The number of aliphatic hydroxyl groups is 1. The number of rotatable bonds is 8. The molecule has 39 heavy (non-hydrogen) atoms. The van der Waals surface area contributed by atoms with Gasteiger partial charge in [0, 0.05) is 25.6 Å². The van der Waals surface area contributed by atoms with Gasteiger partial charge >= 0.3 is 0 Å². The molecule has 4 atom stereocenters. The van der Waals surface area contributed by atoms with Crippen LogP contribution in [0.25, 0.3) is 11.4 Å². The van der Waals surface area contributed by atoms with Gasteiger partial charge in [-0.15, -0.1) is 0 Å². The van der Waals surface area contributed by atoms with Crippen molar-refractivity contribution in [2.75, 3.05) is 19.6 Å². The Morgan fingerprint density at radius 3 is 2.49 bits per heavy atom. The number of aliphatic hydroxyl groups excluding tert-OH is 1. The van der Waals surface area contributed by atoms with Gasteiger partial charge in [-0.25, -0.2) is 27.2 Å². The summed E-state index contributed by atoms with van der Waals surface area (Å²) >= 11 is 0. The summed E-state index contributed by atoms with van der Waals surface area (Å²) in [5, 5.41) is 17.7. The topological polar surface area (TPSA) is 83.3 Å². The Balaban J connectivity index is 1.89. The largest absolute Gasteiger partial charge is 0.384 e. The first kappa shape index (κ1) is 28.7. The number of carbonyl (C=O) groups excluding carboxylic acids is 1. The predicted molar refractivity (Wildman–Crippen MR) is 138 cm³/mol. The lowest BCUT2D eigenvalue weighted by atomic mass is 9.84. The standard InChI is InChI=1S/C28H33F4N5O2/c1-16(38)27(39)36(15-18-12-33-13-23(18)32)24(28(2,3)4)26-34-25(21-11-20(30)8-9-22(21)31)35-37(26)14-17-6-5-7-19(29)10-17/h5-11,16,18,23-24,33,38H,12-15H2,1-4H3/t16-,18+,23-,24-/m0/s1. The van der Waals surface area contributed by atoms with Gasteiger partial charge in [-0.2, -0.15) is 5.10 Å². The maximum atomic E-state index is 14.8. The number of benzene rings is 2. The van der Waals surface area contributed by atoms with Crippen LogP contribution in [0.3, 0.4) is 0 Å². The van der Waals surface area contributed by atoms with Crippen molar-refractivity contribution in [2.24, 2.45) is 11.3 Å². The first-order valence-corrected chi connectivity index (χ1v) is 12.8. The number of aromatic nitrogens is 3. The summed E-state index contributed by atoms with van der Waals surface area (Å²) in [4.78, 5) is 19.4. The van der Waals surface area contributed by atoms with Gasteiger partial charge < -0.3 is 15.3 Å². The van der Waals surface area contributed by atoms with E-state index in [-0.39, 0.29) is 36.8 Å². The van der Waals surface area contributed by atoms with Gasteiger partial charge in [-0.3, -0.25) is 4.79 Å². The average molecular weight is 548 g/mol. The Morgan fingerprint density at radius 1 is 1.15 bits per heavy atom. The Hall–Kier alpha value is -3.31. The quantitative estimate of drug-likeness (QED) is 0.412. The van der Waals surface area contributed by atoms with Gasteiger partial charge in [0.05, 0.1) is 18.2 Å². The molecule has 2 N–H and O–H groups in total. The molecule has 1 aliphatic heterocycles. The molecular formula is C28H33F4N5O2. The molecule has 1 fully saturated rings. The molecule has 0 bridgehead atoms. The second-order valence-electron chi connectivity index (χ2n) is 11.1. The van der Waals surface area contributed by atoms with Crippen LogP contribution < -0.4 is 5.32 Å². The normalized spacial score (nSPS) is 19.2. The van der Waals surface area contributed by atoms with Crippen LogP contribution in [0.2, 0.25) is 0 Å². The van der Waals surface area contributed by atoms with Gasteiger partial charge in [-0.1, -0.05) is 32.9 Å². The molecule has 0 aliphatic carbocycles. The monoisotopic (exact) mass is 547 g/mol. The summed E-state index contributed by atoms with van der Waals surface area (Å²) in [6.07, 6.45) is -2.58. The Labute approximate surface area is 224 Å². The SMILES string of the molecule is C[C@H](O)C(=O)N(C[C@H]1CNC[C@@H]1F)[C@@H](c1nc(-c2cc(F)ccc2F)nn1Cc1cccc(F)c1)C(C)(C)C. The van der Waals surface area contributed by atoms with E-state index in [4.69, 9.17) is 0 Å². The highest BCUT2D eigenvalue weighted by Crippen LogP contribution is 2.40. The number of hydrogen-bond donors (Lipinski definition) is 2. The highest BCUT2D eigenvalue weighted by Gasteiger charge is 2.42. The summed E-state index contributed by atoms with van der Waals surface area (Å²) in [7, 11) is 0. The molecule has 1 amide bonds. The highest BCUT2D eigenvalue weighted by atomic mass is 19.1. The average Bonchev–Trinajstić information content (AvgIpc) is 3.44. The van der Waals surface area contributed by atoms with E-state index in [2.05, 4.69) is 15.4 Å². The molecule has 2 aromatic carbocycles. The third kappa shape index (κ3) is 6.47. The van der Waals surface area contributed by atoms with Crippen LogP contribution in [0.15, 0.2) is 42.5 Å². The summed E-state index contributed by atoms with van der Waals surface area (Å²) in [6, 6.07) is 7.89. The van der Waals surface area contributed by atoms with Crippen molar-refractivity contribution in [3.05, 3.63) is 71.3 Å². The molecule has 2 heterocycles. The number of nitrogens with zero attached hydrogens (tertiary/aromatic N) is 4. The zero-order chi connectivity index (χ0) is 28.5. The van der Waals surface area contributed by atoms with Crippen molar-refractivity contribution >= 4 is 5.91 Å². The van der Waals surface area contributed by atoms with Crippen LogP contribution in [0.4, 0.5) is 17.6 Å². The molecule has 3 aromatic rings. The fourth-order valence-electron chi connectivity index (χ4n) is 4.95. The summed E-state index contributed by atoms with van der Waals surface area (Å²) in [6.45, 7) is 7.38. The second-order valence-corrected chi connectivity index (χ2v) is 11.1. The fourth-order valence-corrected chi connectivity index (χ4v) is 4.95. The van der Waals surface area contributed by atoms with Gasteiger partial charge in [0.15, 0.2) is 11.6 Å². The third-order valence-corrected chi connectivity index (χ3v) is 6.80. The van der Waals surface area contributed by atoms with E-state index >= 15 is 0 Å². The summed E-state index contributed by atoms with van der Waals surface area (Å²) in [5.41, 5.74) is -0.385. The number of halogens is 4. The molecule has 11 heteroatoms. The number of carbonyl (C=O) groups is 1. The predicted octanol–water partition coefficient (Wildman–Crippen LogP) is 4.26. The van der Waals surface area contributed by atoms with Crippen molar-refractivity contribution in [3.63, 3.8) is 0 Å². The molecule has 0 unspecified atom stereocenters. The third-order valence-electron chi connectivity index (χ3n) is 6.80. The Morgan fingerprint density at radius 2 is 1.87 bits per heavy atom. The first-order valence-electron chi connectivity index (χ1n) is 12.8. The lowest BCUT2D eigenvalue weighted by molar-refractivity contribution is -0.146. The van der Waals surface area contributed by atoms with Crippen molar-refractivity contribution in [1.29, 1.82) is 0 Å². The minimum atomic E-state index is -1.39. The fraction of sp³-hybridized carbons (Fsp3) is 0.464. The van der Waals surface area contributed by atoms with E-state index in [0.717, 1.165) is 18.2 Å². The maximum Gasteiger partial charge on any atom is 0.251 e. The zero-order valence-electron chi connectivity index (χ0n) is 22.3. The number of hydrogen-bond acceptors (Lipinski definition) is 5. The van der Waals surface area contributed by atoms with Crippen molar-refractivity contribution in [2.45, 2.75) is 52.6 Å². The van der Waals surface area contributed by atoms with E-state index in [9.17, 15) is 27.5 Å². The molecule has 1 saturated heterocycles. The number of nitrogens with one attached hydrogen (secondary N) is 1. The van der Waals surface area contributed by atoms with Crippen molar-refractivity contribution < 1.29 is 27.5 Å². The first-order chi connectivity index (χ1) is 18.3. The molecule has 0 radical (unpaired) electrons. The van der Waals surface area contributed by atoms with E-state index in [1.54, 1.807) is 6.07 Å². The lowest BCUT2D eigenvalue weighted by Gasteiger charge is -2.41. The minimum absolute atomic E-state index is 0.0109. The summed E-state index contributed by atoms with van der Waals surface area (Å²) in [5.74, 6) is -2.97. The van der Waals surface area contributed by atoms with E-state index in [0.29, 0.717) is 12.1 Å². The minimum Gasteiger partial charge on any atom is -0.384 e. The molecule has 1 aliphatic rings. The lowest BCUT2D eigenvalue weighted by Crippen LogP contribution is -2.49. The van der Waals surface area contributed by atoms with Crippen LogP contribution in [0.5, 0.6) is 0 Å². The molecule has 0 spiro atoms. The molecule has 1 aromatic heterocycles. The highest BCUT2D eigenvalue weighted by molar-refractivity contribution is 5.80. The van der Waals surface area contributed by atoms with Crippen molar-refractivity contribution in [1.82, 2.24) is 25.0 Å². The molecule has 0 saturated carbocycles. The van der Waals surface area contributed by atoms with Gasteiger partial charge in [-0.05, 0) is 48.2 Å². The zero-order valence-corrected chi connectivity index (χ0v) is 22.3. The van der Waals surface area contributed by atoms with Crippen LogP contribution in [-0.2, 0) is 11.3 Å². The molecule has 210 valence electrons. The van der Waals surface area contributed by atoms with Crippen LogP contribution in [0, 0.1) is 28.8 Å². The van der Waals surface area contributed by atoms with Crippen LogP contribution in [0.1, 0.15) is 45.1 Å².